The van der Waals surface area contributed by atoms with E-state index in [9.17, 15) is 4.39 Å². The molecule has 0 aromatic heterocycles. The fourth-order valence-electron chi connectivity index (χ4n) is 1.36. The lowest BCUT2D eigenvalue weighted by Crippen LogP contribution is -2.10. The summed E-state index contributed by atoms with van der Waals surface area (Å²) in [6.45, 7) is 1.23. The van der Waals surface area contributed by atoms with Crippen LogP contribution in [0.25, 0.3) is 0 Å². The first-order valence-electron chi connectivity index (χ1n) is 3.82. The molecule has 0 unspecified atom stereocenters. The van der Waals surface area contributed by atoms with E-state index < -0.39 is 0 Å². The fraction of sp³-hybridized carbons (Fsp3) is 0.333. The van der Waals surface area contributed by atoms with E-state index in [-0.39, 0.29) is 10.8 Å². The SMILES string of the molecule is Fc1cc2c(cc1Cl)COCC2. The number of rotatable bonds is 0. The summed E-state index contributed by atoms with van der Waals surface area (Å²) in [7, 11) is 0. The Morgan fingerprint density at radius 2 is 2.17 bits per heavy atom. The van der Waals surface area contributed by atoms with Gasteiger partial charge < -0.3 is 4.74 Å². The molecule has 1 aromatic carbocycles. The highest BCUT2D eigenvalue weighted by atomic mass is 35.5. The molecule has 1 aliphatic heterocycles. The van der Waals surface area contributed by atoms with E-state index in [2.05, 4.69) is 0 Å². The van der Waals surface area contributed by atoms with Gasteiger partial charge in [0, 0.05) is 0 Å². The lowest BCUT2D eigenvalue weighted by Gasteiger charge is -2.16. The Morgan fingerprint density at radius 1 is 1.33 bits per heavy atom. The maximum absolute atomic E-state index is 12.9. The lowest BCUT2D eigenvalue weighted by molar-refractivity contribution is 0.110. The molecule has 0 bridgehead atoms. The third kappa shape index (κ3) is 1.32. The van der Waals surface area contributed by atoms with Gasteiger partial charge in [-0.1, -0.05) is 11.6 Å². The van der Waals surface area contributed by atoms with Gasteiger partial charge in [0.05, 0.1) is 18.2 Å². The zero-order valence-corrected chi connectivity index (χ0v) is 7.20. The van der Waals surface area contributed by atoms with Crippen LogP contribution in [0.5, 0.6) is 0 Å². The summed E-state index contributed by atoms with van der Waals surface area (Å²) in [5.74, 6) is -0.336. The quantitative estimate of drug-likeness (QED) is 0.605. The first kappa shape index (κ1) is 8.02. The van der Waals surface area contributed by atoms with Gasteiger partial charge in [0.25, 0.3) is 0 Å². The Labute approximate surface area is 75.1 Å². The van der Waals surface area contributed by atoms with Crippen molar-refractivity contribution >= 4 is 11.6 Å². The van der Waals surface area contributed by atoms with Crippen LogP contribution < -0.4 is 0 Å². The number of hydrogen-bond acceptors (Lipinski definition) is 1. The maximum Gasteiger partial charge on any atom is 0.142 e. The number of hydrogen-bond donors (Lipinski definition) is 0. The summed E-state index contributed by atoms with van der Waals surface area (Å²) < 4.78 is 18.1. The Morgan fingerprint density at radius 3 is 3.00 bits per heavy atom. The van der Waals surface area contributed by atoms with E-state index in [1.165, 1.54) is 6.07 Å². The predicted molar refractivity (Wildman–Crippen MR) is 44.8 cm³/mol. The highest BCUT2D eigenvalue weighted by Crippen LogP contribution is 2.23. The molecular formula is C9H8ClFO. The van der Waals surface area contributed by atoms with Gasteiger partial charge in [-0.2, -0.15) is 0 Å². The molecule has 0 aliphatic carbocycles. The summed E-state index contributed by atoms with van der Waals surface area (Å²) in [6, 6.07) is 3.14. The van der Waals surface area contributed by atoms with Crippen molar-refractivity contribution in [2.75, 3.05) is 6.61 Å². The second kappa shape index (κ2) is 3.04. The molecule has 0 saturated carbocycles. The zero-order chi connectivity index (χ0) is 8.55. The van der Waals surface area contributed by atoms with Crippen LogP contribution in [0.2, 0.25) is 5.02 Å². The first-order chi connectivity index (χ1) is 5.77. The van der Waals surface area contributed by atoms with Crippen molar-refractivity contribution in [3.8, 4) is 0 Å². The molecule has 1 nitrogen and oxygen atoms in total. The van der Waals surface area contributed by atoms with Crippen molar-refractivity contribution in [1.29, 1.82) is 0 Å². The summed E-state index contributed by atoms with van der Waals surface area (Å²) in [5, 5.41) is 0.180. The average Bonchev–Trinajstić information content (AvgIpc) is 2.07. The minimum atomic E-state index is -0.336. The Bertz CT molecular complexity index is 281. The largest absolute Gasteiger partial charge is 0.376 e. The third-order valence-electron chi connectivity index (χ3n) is 2.02. The molecule has 0 radical (unpaired) electrons. The van der Waals surface area contributed by atoms with Crippen LogP contribution in [0.15, 0.2) is 12.1 Å². The lowest BCUT2D eigenvalue weighted by atomic mass is 10.0. The van der Waals surface area contributed by atoms with E-state index >= 15 is 0 Å². The molecule has 0 fully saturated rings. The van der Waals surface area contributed by atoms with Crippen LogP contribution in [0.1, 0.15) is 11.1 Å². The Hall–Kier alpha value is -0.600. The summed E-state index contributed by atoms with van der Waals surface area (Å²) in [4.78, 5) is 0. The average molecular weight is 187 g/mol. The smallest absolute Gasteiger partial charge is 0.142 e. The van der Waals surface area contributed by atoms with Crippen LogP contribution in [-0.4, -0.2) is 6.61 Å². The van der Waals surface area contributed by atoms with Gasteiger partial charge in [-0.25, -0.2) is 4.39 Å². The summed E-state index contributed by atoms with van der Waals surface area (Å²) in [5.41, 5.74) is 2.02. The summed E-state index contributed by atoms with van der Waals surface area (Å²) in [6.07, 6.45) is 0.781. The van der Waals surface area contributed by atoms with Crippen LogP contribution in [-0.2, 0) is 17.8 Å². The van der Waals surface area contributed by atoms with Crippen LogP contribution in [0, 0.1) is 5.82 Å². The van der Waals surface area contributed by atoms with Crippen molar-refractivity contribution in [2.45, 2.75) is 13.0 Å². The molecule has 1 heterocycles. The summed E-state index contributed by atoms with van der Waals surface area (Å²) >= 11 is 5.62. The minimum Gasteiger partial charge on any atom is -0.376 e. The van der Waals surface area contributed by atoms with Crippen molar-refractivity contribution in [3.05, 3.63) is 34.1 Å². The topological polar surface area (TPSA) is 9.23 Å². The van der Waals surface area contributed by atoms with Crippen molar-refractivity contribution in [3.63, 3.8) is 0 Å². The van der Waals surface area contributed by atoms with E-state index in [0.717, 1.165) is 17.5 Å². The molecule has 0 atom stereocenters. The van der Waals surface area contributed by atoms with Crippen molar-refractivity contribution < 1.29 is 9.13 Å². The first-order valence-corrected chi connectivity index (χ1v) is 4.20. The monoisotopic (exact) mass is 186 g/mol. The molecule has 2 rings (SSSR count). The van der Waals surface area contributed by atoms with Gasteiger partial charge in [-0.15, -0.1) is 0 Å². The van der Waals surface area contributed by atoms with Gasteiger partial charge in [-0.3, -0.25) is 0 Å². The maximum atomic E-state index is 12.9. The highest BCUT2D eigenvalue weighted by Gasteiger charge is 2.12. The van der Waals surface area contributed by atoms with Gasteiger partial charge in [0.1, 0.15) is 5.82 Å². The second-order valence-electron chi connectivity index (χ2n) is 2.84. The molecule has 1 aliphatic rings. The number of benzene rings is 1. The van der Waals surface area contributed by atoms with E-state index in [0.29, 0.717) is 13.2 Å². The molecule has 3 heteroatoms. The second-order valence-corrected chi connectivity index (χ2v) is 3.24. The van der Waals surface area contributed by atoms with Gasteiger partial charge in [0.15, 0.2) is 0 Å². The molecule has 0 spiro atoms. The van der Waals surface area contributed by atoms with E-state index in [4.69, 9.17) is 16.3 Å². The zero-order valence-electron chi connectivity index (χ0n) is 6.44. The standard InChI is InChI=1S/C9H8ClFO/c10-8-3-7-5-12-2-1-6(7)4-9(8)11/h3-4H,1-2,5H2. The molecule has 64 valence electrons. The number of halogens is 2. The van der Waals surface area contributed by atoms with E-state index in [1.807, 2.05) is 0 Å². The van der Waals surface area contributed by atoms with Crippen LogP contribution in [0.4, 0.5) is 4.39 Å². The van der Waals surface area contributed by atoms with Gasteiger partial charge in [-0.05, 0) is 29.7 Å². The van der Waals surface area contributed by atoms with Crippen LogP contribution >= 0.6 is 11.6 Å². The highest BCUT2D eigenvalue weighted by molar-refractivity contribution is 6.30. The number of ether oxygens (including phenoxy) is 1. The normalized spacial score (nSPS) is 15.8. The van der Waals surface area contributed by atoms with Crippen molar-refractivity contribution in [1.82, 2.24) is 0 Å². The van der Waals surface area contributed by atoms with Crippen LogP contribution in [0.3, 0.4) is 0 Å². The molecule has 12 heavy (non-hydrogen) atoms. The van der Waals surface area contributed by atoms with Gasteiger partial charge in [0.2, 0.25) is 0 Å². The molecule has 1 aromatic rings. The Balaban J connectivity index is 2.49. The van der Waals surface area contributed by atoms with Gasteiger partial charge >= 0.3 is 0 Å². The predicted octanol–water partition coefficient (Wildman–Crippen LogP) is 2.55. The molecular weight excluding hydrogens is 179 g/mol. The van der Waals surface area contributed by atoms with Crippen molar-refractivity contribution in [2.24, 2.45) is 0 Å². The number of fused-ring (bicyclic) bond motifs is 1. The van der Waals surface area contributed by atoms with E-state index in [1.54, 1.807) is 6.07 Å². The minimum absolute atomic E-state index is 0.180. The fourth-order valence-corrected chi connectivity index (χ4v) is 1.55. The molecule has 0 amide bonds. The Kier molecular flexibility index (Phi) is 2.03. The molecule has 0 saturated heterocycles. The third-order valence-corrected chi connectivity index (χ3v) is 2.31. The molecule has 0 N–H and O–H groups in total.